The van der Waals surface area contributed by atoms with Gasteiger partial charge in [-0.1, -0.05) is 0 Å². The van der Waals surface area contributed by atoms with Crippen molar-refractivity contribution < 1.29 is 24.4 Å². The van der Waals surface area contributed by atoms with Crippen LogP contribution in [0.5, 0.6) is 0 Å². The second-order valence-electron chi connectivity index (χ2n) is 2.19. The van der Waals surface area contributed by atoms with Crippen LogP contribution in [0.2, 0.25) is 0 Å². The van der Waals surface area contributed by atoms with Crippen LogP contribution >= 0.6 is 0 Å². The average molecular weight is 152 g/mol. The van der Waals surface area contributed by atoms with Gasteiger partial charge in [-0.3, -0.25) is 0 Å². The fourth-order valence-electron chi connectivity index (χ4n) is 0.854. The Morgan fingerprint density at radius 1 is 1.30 bits per heavy atom. The van der Waals surface area contributed by atoms with Crippen molar-refractivity contribution in [2.75, 3.05) is 6.61 Å². The lowest BCUT2D eigenvalue weighted by molar-refractivity contribution is -0.0822. The van der Waals surface area contributed by atoms with E-state index in [9.17, 15) is 4.39 Å². The van der Waals surface area contributed by atoms with Crippen LogP contribution in [-0.4, -0.2) is 46.6 Å². The molecular formula is C5H9FO4. The van der Waals surface area contributed by atoms with Crippen molar-refractivity contribution >= 4 is 0 Å². The molecule has 0 aliphatic carbocycles. The van der Waals surface area contributed by atoms with E-state index in [1.807, 2.05) is 0 Å². The first-order valence-corrected chi connectivity index (χ1v) is 2.93. The molecule has 4 atom stereocenters. The van der Waals surface area contributed by atoms with Crippen LogP contribution in [0.4, 0.5) is 4.39 Å². The van der Waals surface area contributed by atoms with Gasteiger partial charge in [-0.2, -0.15) is 0 Å². The maximum absolute atomic E-state index is 12.3. The van der Waals surface area contributed by atoms with Gasteiger partial charge in [0.1, 0.15) is 18.3 Å². The summed E-state index contributed by atoms with van der Waals surface area (Å²) < 4.78 is 16.6. The maximum atomic E-state index is 12.3. The van der Waals surface area contributed by atoms with Crippen LogP contribution in [0.15, 0.2) is 0 Å². The summed E-state index contributed by atoms with van der Waals surface area (Å²) in [5.74, 6) is 0. The first-order chi connectivity index (χ1) is 4.66. The topological polar surface area (TPSA) is 69.9 Å². The first kappa shape index (κ1) is 7.87. The maximum Gasteiger partial charge on any atom is 0.228 e. The molecule has 5 heteroatoms. The number of rotatable bonds is 1. The number of aliphatic hydroxyl groups is 3. The van der Waals surface area contributed by atoms with Crippen molar-refractivity contribution in [2.45, 2.75) is 24.7 Å². The Bertz CT molecular complexity index is 120. The van der Waals surface area contributed by atoms with Crippen molar-refractivity contribution in [3.63, 3.8) is 0 Å². The van der Waals surface area contributed by atoms with Gasteiger partial charge in [0.05, 0.1) is 6.61 Å². The van der Waals surface area contributed by atoms with Crippen LogP contribution in [0.25, 0.3) is 0 Å². The number of hydrogen-bond donors (Lipinski definition) is 3. The Balaban J connectivity index is 2.53. The van der Waals surface area contributed by atoms with Crippen molar-refractivity contribution in [2.24, 2.45) is 0 Å². The molecule has 0 aromatic heterocycles. The molecule has 0 aromatic carbocycles. The largest absolute Gasteiger partial charge is 0.394 e. The highest BCUT2D eigenvalue weighted by molar-refractivity contribution is 4.85. The molecule has 1 aliphatic rings. The molecule has 0 spiro atoms. The second-order valence-corrected chi connectivity index (χ2v) is 2.19. The quantitative estimate of drug-likeness (QED) is 0.423. The van der Waals surface area contributed by atoms with E-state index in [4.69, 9.17) is 15.3 Å². The number of hydrogen-bond acceptors (Lipinski definition) is 4. The normalized spacial score (nSPS) is 48.0. The van der Waals surface area contributed by atoms with Crippen LogP contribution in [0.1, 0.15) is 0 Å². The predicted molar refractivity (Wildman–Crippen MR) is 28.9 cm³/mol. The summed E-state index contributed by atoms with van der Waals surface area (Å²) in [5.41, 5.74) is 0. The number of alkyl halides is 1. The van der Waals surface area contributed by atoms with E-state index in [0.717, 1.165) is 0 Å². The number of halogens is 1. The lowest BCUT2D eigenvalue weighted by Crippen LogP contribution is -2.32. The standard InChI is InChI=1S/C5H9FO4/c6-5-4(9)3(8)2(1-7)10-5/h2-5,7-9H,1H2/t2-,3-,4-,5-/m1/s1. The minimum Gasteiger partial charge on any atom is -0.394 e. The van der Waals surface area contributed by atoms with Crippen molar-refractivity contribution in [1.82, 2.24) is 0 Å². The summed E-state index contributed by atoms with van der Waals surface area (Å²) in [4.78, 5) is 0. The molecule has 0 radical (unpaired) electrons. The van der Waals surface area contributed by atoms with Crippen LogP contribution in [-0.2, 0) is 4.74 Å². The highest BCUT2D eigenvalue weighted by Gasteiger charge is 2.42. The van der Waals surface area contributed by atoms with Gasteiger partial charge in [-0.05, 0) is 0 Å². The first-order valence-electron chi connectivity index (χ1n) is 2.93. The van der Waals surface area contributed by atoms with Gasteiger partial charge >= 0.3 is 0 Å². The van der Waals surface area contributed by atoms with E-state index in [2.05, 4.69) is 4.74 Å². The van der Waals surface area contributed by atoms with Gasteiger partial charge in [0.2, 0.25) is 6.36 Å². The minimum atomic E-state index is -1.88. The zero-order valence-electron chi connectivity index (χ0n) is 5.14. The molecule has 10 heavy (non-hydrogen) atoms. The molecule has 4 nitrogen and oxygen atoms in total. The Labute approximate surface area is 56.9 Å². The molecule has 0 unspecified atom stereocenters. The summed E-state index contributed by atoms with van der Waals surface area (Å²) in [6.45, 7) is -0.487. The highest BCUT2D eigenvalue weighted by Crippen LogP contribution is 2.21. The average Bonchev–Trinajstić information content (AvgIpc) is 2.17. The van der Waals surface area contributed by atoms with Gasteiger partial charge in [0, 0.05) is 0 Å². The van der Waals surface area contributed by atoms with Crippen molar-refractivity contribution in [3.05, 3.63) is 0 Å². The third-order valence-corrected chi connectivity index (χ3v) is 1.48. The fourth-order valence-corrected chi connectivity index (χ4v) is 0.854. The third kappa shape index (κ3) is 1.13. The summed E-state index contributed by atoms with van der Waals surface area (Å²) in [7, 11) is 0. The monoisotopic (exact) mass is 152 g/mol. The third-order valence-electron chi connectivity index (χ3n) is 1.48. The molecule has 1 saturated heterocycles. The van der Waals surface area contributed by atoms with E-state index in [-0.39, 0.29) is 0 Å². The number of aliphatic hydroxyl groups excluding tert-OH is 3. The molecule has 1 heterocycles. The minimum absolute atomic E-state index is 0.487. The summed E-state index contributed by atoms with van der Waals surface area (Å²) in [6, 6.07) is 0. The van der Waals surface area contributed by atoms with Crippen LogP contribution in [0.3, 0.4) is 0 Å². The zero-order valence-corrected chi connectivity index (χ0v) is 5.14. The second kappa shape index (κ2) is 2.79. The van der Waals surface area contributed by atoms with Gasteiger partial charge < -0.3 is 20.1 Å². The van der Waals surface area contributed by atoms with Crippen LogP contribution < -0.4 is 0 Å². The van der Waals surface area contributed by atoms with Gasteiger partial charge in [-0.15, -0.1) is 0 Å². The molecule has 1 rings (SSSR count). The predicted octanol–water partition coefficient (Wildman–Crippen LogP) is -1.61. The molecule has 0 saturated carbocycles. The molecule has 0 bridgehead atoms. The van der Waals surface area contributed by atoms with Crippen molar-refractivity contribution in [1.29, 1.82) is 0 Å². The van der Waals surface area contributed by atoms with E-state index in [0.29, 0.717) is 0 Å². The summed E-state index contributed by atoms with van der Waals surface area (Å²) >= 11 is 0. The lowest BCUT2D eigenvalue weighted by atomic mass is 10.1. The summed E-state index contributed by atoms with van der Waals surface area (Å²) in [6.07, 6.45) is -5.73. The fraction of sp³-hybridized carbons (Fsp3) is 1.00. The van der Waals surface area contributed by atoms with E-state index in [1.165, 1.54) is 0 Å². The molecule has 1 aliphatic heterocycles. The van der Waals surface area contributed by atoms with E-state index >= 15 is 0 Å². The molecule has 0 amide bonds. The number of ether oxygens (including phenoxy) is 1. The lowest BCUT2D eigenvalue weighted by Gasteiger charge is -2.09. The SMILES string of the molecule is OC[C@H]1O[C@@H](F)[C@H](O)[C@@H]1O. The van der Waals surface area contributed by atoms with Gasteiger partial charge in [0.15, 0.2) is 0 Å². The highest BCUT2D eigenvalue weighted by atomic mass is 19.1. The Morgan fingerprint density at radius 2 is 1.90 bits per heavy atom. The Kier molecular flexibility index (Phi) is 2.20. The van der Waals surface area contributed by atoms with Crippen molar-refractivity contribution in [3.8, 4) is 0 Å². The van der Waals surface area contributed by atoms with Gasteiger partial charge in [-0.25, -0.2) is 4.39 Å². The Hall–Kier alpha value is -0.230. The molecule has 0 aromatic rings. The molecule has 3 N–H and O–H groups in total. The molecular weight excluding hydrogens is 143 g/mol. The zero-order chi connectivity index (χ0) is 7.72. The van der Waals surface area contributed by atoms with Gasteiger partial charge in [0.25, 0.3) is 0 Å². The Morgan fingerprint density at radius 3 is 2.10 bits per heavy atom. The molecule has 60 valence electrons. The smallest absolute Gasteiger partial charge is 0.228 e. The van der Waals surface area contributed by atoms with Crippen LogP contribution in [0, 0.1) is 0 Å². The molecule has 1 fully saturated rings. The van der Waals surface area contributed by atoms with E-state index in [1.54, 1.807) is 0 Å². The van der Waals surface area contributed by atoms with E-state index < -0.39 is 31.3 Å². The summed E-state index contributed by atoms with van der Waals surface area (Å²) in [5, 5.41) is 26.0.